The van der Waals surface area contributed by atoms with E-state index in [-0.39, 0.29) is 12.1 Å². The molecular weight excluding hydrogens is 268 g/mol. The highest BCUT2D eigenvalue weighted by Crippen LogP contribution is 2.14. The van der Waals surface area contributed by atoms with Gasteiger partial charge in [0.2, 0.25) is 5.91 Å². The summed E-state index contributed by atoms with van der Waals surface area (Å²) in [5, 5.41) is 12.1. The minimum absolute atomic E-state index is 0.0948. The molecule has 0 saturated carbocycles. The molecule has 2 rings (SSSR count). The first kappa shape index (κ1) is 14.2. The highest BCUT2D eigenvalue weighted by molar-refractivity contribution is 5.78. The van der Waals surface area contributed by atoms with Crippen molar-refractivity contribution in [3.05, 3.63) is 59.6 Å². The molecular formula is C14H13F2NO3. The van der Waals surface area contributed by atoms with Crippen molar-refractivity contribution in [2.24, 2.45) is 0 Å². The van der Waals surface area contributed by atoms with Gasteiger partial charge in [-0.3, -0.25) is 4.79 Å². The van der Waals surface area contributed by atoms with Crippen molar-refractivity contribution < 1.29 is 23.1 Å². The maximum Gasteiger partial charge on any atom is 0.224 e. The van der Waals surface area contributed by atoms with E-state index in [1.165, 1.54) is 12.3 Å². The first-order chi connectivity index (χ1) is 9.58. The number of furan rings is 1. The third kappa shape index (κ3) is 3.42. The quantitative estimate of drug-likeness (QED) is 0.880. The van der Waals surface area contributed by atoms with Gasteiger partial charge in [0.05, 0.1) is 19.2 Å². The van der Waals surface area contributed by atoms with E-state index >= 15 is 0 Å². The maximum absolute atomic E-state index is 13.3. The van der Waals surface area contributed by atoms with E-state index in [0.29, 0.717) is 5.76 Å². The van der Waals surface area contributed by atoms with E-state index < -0.39 is 30.1 Å². The minimum Gasteiger partial charge on any atom is -0.467 e. The fraction of sp³-hybridized carbons (Fsp3) is 0.214. The molecule has 4 nitrogen and oxygen atoms in total. The highest BCUT2D eigenvalue weighted by Gasteiger charge is 2.15. The Morgan fingerprint density at radius 3 is 2.55 bits per heavy atom. The molecule has 106 valence electrons. The molecule has 1 aromatic carbocycles. The molecule has 1 atom stereocenters. The van der Waals surface area contributed by atoms with Crippen molar-refractivity contribution in [2.45, 2.75) is 12.5 Å². The van der Waals surface area contributed by atoms with Gasteiger partial charge in [-0.1, -0.05) is 6.07 Å². The number of hydrogen-bond acceptors (Lipinski definition) is 3. The highest BCUT2D eigenvalue weighted by atomic mass is 19.1. The fourth-order valence-corrected chi connectivity index (χ4v) is 1.72. The molecule has 1 heterocycles. The average Bonchev–Trinajstić information content (AvgIpc) is 2.94. The van der Waals surface area contributed by atoms with Crippen LogP contribution in [0.2, 0.25) is 0 Å². The summed E-state index contributed by atoms with van der Waals surface area (Å²) < 4.78 is 31.7. The number of halogens is 2. The van der Waals surface area contributed by atoms with Crippen LogP contribution in [0.4, 0.5) is 8.78 Å². The van der Waals surface area contributed by atoms with Crippen LogP contribution < -0.4 is 5.32 Å². The summed E-state index contributed by atoms with van der Waals surface area (Å²) in [6.07, 6.45) is -0.0298. The molecule has 0 aliphatic heterocycles. The fourth-order valence-electron chi connectivity index (χ4n) is 1.72. The van der Waals surface area contributed by atoms with Gasteiger partial charge in [0.15, 0.2) is 0 Å². The van der Waals surface area contributed by atoms with E-state index in [1.807, 2.05) is 0 Å². The van der Waals surface area contributed by atoms with Crippen molar-refractivity contribution in [1.29, 1.82) is 0 Å². The van der Waals surface area contributed by atoms with Crippen LogP contribution in [0.5, 0.6) is 0 Å². The largest absolute Gasteiger partial charge is 0.467 e. The zero-order chi connectivity index (χ0) is 14.5. The van der Waals surface area contributed by atoms with Crippen LogP contribution in [0.25, 0.3) is 0 Å². The molecule has 0 radical (unpaired) electrons. The topological polar surface area (TPSA) is 62.5 Å². The van der Waals surface area contributed by atoms with Gasteiger partial charge in [0, 0.05) is 5.56 Å². The Hall–Kier alpha value is -2.21. The number of rotatable bonds is 5. The monoisotopic (exact) mass is 281 g/mol. The Kier molecular flexibility index (Phi) is 4.47. The zero-order valence-corrected chi connectivity index (χ0v) is 10.5. The molecule has 2 aromatic rings. The molecule has 0 fully saturated rings. The normalized spacial score (nSPS) is 12.2. The summed E-state index contributed by atoms with van der Waals surface area (Å²) in [6.45, 7) is -0.0948. The van der Waals surface area contributed by atoms with Gasteiger partial charge in [0.1, 0.15) is 23.5 Å². The standard InChI is InChI=1S/C14H13F2NO3/c15-10-3-1-4-11(16)9(10)7-14(19)17-8-12(18)13-5-2-6-20-13/h1-6,12,18H,7-8H2,(H,17,19). The number of aliphatic hydroxyl groups excluding tert-OH is 1. The van der Waals surface area contributed by atoms with Crippen LogP contribution in [0.3, 0.4) is 0 Å². The maximum atomic E-state index is 13.3. The second-order valence-electron chi connectivity index (χ2n) is 4.21. The molecule has 0 spiro atoms. The zero-order valence-electron chi connectivity index (χ0n) is 10.5. The average molecular weight is 281 g/mol. The lowest BCUT2D eigenvalue weighted by molar-refractivity contribution is -0.121. The number of benzene rings is 1. The molecule has 6 heteroatoms. The van der Waals surface area contributed by atoms with Gasteiger partial charge >= 0.3 is 0 Å². The number of hydrogen-bond donors (Lipinski definition) is 2. The van der Waals surface area contributed by atoms with Crippen LogP contribution in [0.1, 0.15) is 17.4 Å². The lowest BCUT2D eigenvalue weighted by atomic mass is 10.1. The Morgan fingerprint density at radius 1 is 1.25 bits per heavy atom. The molecule has 0 bridgehead atoms. The molecule has 2 N–H and O–H groups in total. The SMILES string of the molecule is O=C(Cc1c(F)cccc1F)NCC(O)c1ccco1. The molecule has 1 aromatic heterocycles. The Bertz CT molecular complexity index is 564. The van der Waals surface area contributed by atoms with Crippen molar-refractivity contribution in [3.63, 3.8) is 0 Å². The Morgan fingerprint density at radius 2 is 1.95 bits per heavy atom. The third-order valence-corrected chi connectivity index (χ3v) is 2.76. The second-order valence-corrected chi connectivity index (χ2v) is 4.21. The molecule has 0 aliphatic rings. The van der Waals surface area contributed by atoms with Crippen molar-refractivity contribution in [1.82, 2.24) is 5.32 Å². The third-order valence-electron chi connectivity index (χ3n) is 2.76. The first-order valence-electron chi connectivity index (χ1n) is 5.99. The van der Waals surface area contributed by atoms with E-state index in [1.54, 1.807) is 12.1 Å². The van der Waals surface area contributed by atoms with Gasteiger partial charge in [-0.2, -0.15) is 0 Å². The van der Waals surface area contributed by atoms with E-state index in [4.69, 9.17) is 4.42 Å². The van der Waals surface area contributed by atoms with Gasteiger partial charge in [-0.15, -0.1) is 0 Å². The summed E-state index contributed by atoms with van der Waals surface area (Å²) in [5.74, 6) is -1.82. The predicted octanol–water partition coefficient (Wildman–Crippen LogP) is 1.95. The van der Waals surface area contributed by atoms with E-state index in [2.05, 4.69) is 5.32 Å². The van der Waals surface area contributed by atoms with Crippen LogP contribution in [-0.4, -0.2) is 17.6 Å². The molecule has 1 unspecified atom stereocenters. The summed E-state index contributed by atoms with van der Waals surface area (Å²) in [5.41, 5.74) is -0.294. The van der Waals surface area contributed by atoms with Crippen LogP contribution >= 0.6 is 0 Å². The molecule has 1 amide bonds. The van der Waals surface area contributed by atoms with Gasteiger partial charge in [-0.25, -0.2) is 8.78 Å². The van der Waals surface area contributed by atoms with Crippen LogP contribution in [-0.2, 0) is 11.2 Å². The van der Waals surface area contributed by atoms with Crippen molar-refractivity contribution in [3.8, 4) is 0 Å². The lowest BCUT2D eigenvalue weighted by Crippen LogP contribution is -2.30. The summed E-state index contributed by atoms with van der Waals surface area (Å²) in [6, 6.07) is 6.57. The minimum atomic E-state index is -1.00. The van der Waals surface area contributed by atoms with E-state index in [0.717, 1.165) is 12.1 Å². The van der Waals surface area contributed by atoms with Gasteiger partial charge in [-0.05, 0) is 24.3 Å². The predicted molar refractivity (Wildman–Crippen MR) is 66.7 cm³/mol. The number of amides is 1. The van der Waals surface area contributed by atoms with Gasteiger partial charge in [0.25, 0.3) is 0 Å². The number of aliphatic hydroxyl groups is 1. The number of nitrogens with one attached hydrogen (secondary N) is 1. The number of carbonyl (C=O) groups excluding carboxylic acids is 1. The van der Waals surface area contributed by atoms with Crippen molar-refractivity contribution >= 4 is 5.91 Å². The van der Waals surface area contributed by atoms with Crippen LogP contribution in [0.15, 0.2) is 41.0 Å². The lowest BCUT2D eigenvalue weighted by Gasteiger charge is -2.10. The van der Waals surface area contributed by atoms with Gasteiger partial charge < -0.3 is 14.8 Å². The molecule has 0 aliphatic carbocycles. The summed E-state index contributed by atoms with van der Waals surface area (Å²) >= 11 is 0. The van der Waals surface area contributed by atoms with Crippen molar-refractivity contribution in [2.75, 3.05) is 6.54 Å². The van der Waals surface area contributed by atoms with E-state index in [9.17, 15) is 18.7 Å². The number of carbonyl (C=O) groups is 1. The smallest absolute Gasteiger partial charge is 0.224 e. The molecule has 0 saturated heterocycles. The summed E-state index contributed by atoms with van der Waals surface area (Å²) in [7, 11) is 0. The Balaban J connectivity index is 1.90. The summed E-state index contributed by atoms with van der Waals surface area (Å²) in [4.78, 5) is 11.6. The second kappa shape index (κ2) is 6.29. The Labute approximate surface area is 114 Å². The van der Waals surface area contributed by atoms with Crippen LogP contribution in [0, 0.1) is 11.6 Å². The first-order valence-corrected chi connectivity index (χ1v) is 5.99. The molecule has 20 heavy (non-hydrogen) atoms.